The van der Waals surface area contributed by atoms with Crippen molar-refractivity contribution in [2.45, 2.75) is 142 Å². The van der Waals surface area contributed by atoms with Gasteiger partial charge in [0, 0.05) is 37.6 Å². The Bertz CT molecular complexity index is 839. The quantitative estimate of drug-likeness (QED) is 0.203. The van der Waals surface area contributed by atoms with Crippen LogP contribution in [0.25, 0.3) is 0 Å². The third-order valence-corrected chi connectivity index (χ3v) is 14.2. The Kier molecular flexibility index (Phi) is 13.2. The molecule has 0 spiro atoms. The van der Waals surface area contributed by atoms with Crippen LogP contribution in [-0.2, 0) is 28.4 Å². The van der Waals surface area contributed by atoms with E-state index in [1.165, 1.54) is 83.5 Å². The first kappa shape index (κ1) is 36.1. The van der Waals surface area contributed by atoms with Gasteiger partial charge in [0.05, 0.1) is 58.0 Å². The highest BCUT2D eigenvalue weighted by Gasteiger charge is 2.55. The van der Waals surface area contributed by atoms with E-state index in [1.807, 2.05) is 21.3 Å². The van der Waals surface area contributed by atoms with Crippen molar-refractivity contribution >= 4 is 0 Å². The fourth-order valence-corrected chi connectivity index (χ4v) is 11.0. The van der Waals surface area contributed by atoms with Gasteiger partial charge >= 0.3 is 0 Å². The standard InChI is InChI=1S/C39H70O6/c1-7-37(23-43-24-37)34(40-4)30-18-19-31(35(41-5)38(8-2)25-44-26-38)22-33(36(42-6)39(9-3)27-45-28-39)32(21-20-30)29-16-14-12-10-11-13-15-17-29/h29-36H,7-28H2,1-6H3. The maximum absolute atomic E-state index is 6.75. The predicted octanol–water partition coefficient (Wildman–Crippen LogP) is 8.49. The van der Waals surface area contributed by atoms with Gasteiger partial charge in [-0.3, -0.25) is 0 Å². The van der Waals surface area contributed by atoms with Gasteiger partial charge in [0.15, 0.2) is 0 Å². The monoisotopic (exact) mass is 635 g/mol. The van der Waals surface area contributed by atoms with E-state index in [4.69, 9.17) is 28.4 Å². The van der Waals surface area contributed by atoms with Crippen LogP contribution in [0.2, 0.25) is 0 Å². The number of hydrogen-bond donors (Lipinski definition) is 0. The van der Waals surface area contributed by atoms with E-state index in [0.717, 1.165) is 64.8 Å². The molecule has 5 rings (SSSR count). The molecule has 0 radical (unpaired) electrons. The molecule has 3 heterocycles. The summed E-state index contributed by atoms with van der Waals surface area (Å²) < 4.78 is 37.7. The van der Waals surface area contributed by atoms with Crippen LogP contribution in [0.15, 0.2) is 0 Å². The molecule has 7 unspecified atom stereocenters. The van der Waals surface area contributed by atoms with Gasteiger partial charge in [-0.15, -0.1) is 0 Å². The number of hydrogen-bond acceptors (Lipinski definition) is 6. The van der Waals surface area contributed by atoms with E-state index in [1.54, 1.807) is 0 Å². The third kappa shape index (κ3) is 7.37. The minimum atomic E-state index is 0.124. The van der Waals surface area contributed by atoms with Crippen molar-refractivity contribution < 1.29 is 28.4 Å². The first-order valence-corrected chi connectivity index (χ1v) is 19.3. The summed E-state index contributed by atoms with van der Waals surface area (Å²) in [5, 5.41) is 0. The fourth-order valence-electron chi connectivity index (χ4n) is 11.0. The second kappa shape index (κ2) is 16.4. The van der Waals surface area contributed by atoms with Crippen LogP contribution in [0, 0.1) is 45.8 Å². The molecule has 0 N–H and O–H groups in total. The molecule has 2 aliphatic carbocycles. The molecule has 3 aliphatic heterocycles. The maximum atomic E-state index is 6.75. The molecule has 7 atom stereocenters. The lowest BCUT2D eigenvalue weighted by molar-refractivity contribution is -0.217. The topological polar surface area (TPSA) is 55.4 Å². The van der Waals surface area contributed by atoms with E-state index < -0.39 is 0 Å². The van der Waals surface area contributed by atoms with Crippen molar-refractivity contribution in [1.82, 2.24) is 0 Å². The molecule has 6 heteroatoms. The van der Waals surface area contributed by atoms with Crippen molar-refractivity contribution in [1.29, 1.82) is 0 Å². The smallest absolute Gasteiger partial charge is 0.0702 e. The number of rotatable bonds is 13. The van der Waals surface area contributed by atoms with E-state index in [-0.39, 0.29) is 34.6 Å². The zero-order valence-corrected chi connectivity index (χ0v) is 30.1. The summed E-state index contributed by atoms with van der Waals surface area (Å²) in [4.78, 5) is 0. The van der Waals surface area contributed by atoms with Crippen molar-refractivity contribution in [2.75, 3.05) is 61.0 Å². The lowest BCUT2D eigenvalue weighted by Gasteiger charge is -2.53. The lowest BCUT2D eigenvalue weighted by Crippen LogP contribution is -2.58. The molecule has 0 aromatic heterocycles. The number of ether oxygens (including phenoxy) is 6. The van der Waals surface area contributed by atoms with Crippen LogP contribution in [0.4, 0.5) is 0 Å². The van der Waals surface area contributed by atoms with Crippen LogP contribution in [0.5, 0.6) is 0 Å². The highest BCUT2D eigenvalue weighted by atomic mass is 16.5. The third-order valence-electron chi connectivity index (χ3n) is 14.2. The van der Waals surface area contributed by atoms with Crippen LogP contribution < -0.4 is 0 Å². The zero-order chi connectivity index (χ0) is 31.9. The molecule has 0 aromatic rings. The molecule has 45 heavy (non-hydrogen) atoms. The largest absolute Gasteiger partial charge is 0.380 e. The van der Waals surface area contributed by atoms with E-state index >= 15 is 0 Å². The normalized spacial score (nSPS) is 34.5. The van der Waals surface area contributed by atoms with Gasteiger partial charge in [0.2, 0.25) is 0 Å². The second-order valence-electron chi connectivity index (χ2n) is 16.3. The van der Waals surface area contributed by atoms with E-state index in [0.29, 0.717) is 23.7 Å². The molecule has 6 nitrogen and oxygen atoms in total. The van der Waals surface area contributed by atoms with Gasteiger partial charge in [-0.25, -0.2) is 0 Å². The Balaban J connectivity index is 1.56. The van der Waals surface area contributed by atoms with Gasteiger partial charge in [-0.1, -0.05) is 72.1 Å². The molecule has 5 fully saturated rings. The van der Waals surface area contributed by atoms with Crippen molar-refractivity contribution in [3.8, 4) is 0 Å². The van der Waals surface area contributed by atoms with Gasteiger partial charge < -0.3 is 28.4 Å². The summed E-state index contributed by atoms with van der Waals surface area (Å²) >= 11 is 0. The molecule has 2 saturated carbocycles. The summed E-state index contributed by atoms with van der Waals surface area (Å²) in [7, 11) is 5.96. The van der Waals surface area contributed by atoms with Gasteiger partial charge in [0.1, 0.15) is 0 Å². The van der Waals surface area contributed by atoms with Crippen LogP contribution >= 0.6 is 0 Å². The Morgan fingerprint density at radius 1 is 0.511 bits per heavy atom. The van der Waals surface area contributed by atoms with Gasteiger partial charge in [0.25, 0.3) is 0 Å². The van der Waals surface area contributed by atoms with Crippen molar-refractivity contribution in [2.24, 2.45) is 45.8 Å². The zero-order valence-electron chi connectivity index (χ0n) is 30.1. The highest BCUT2D eigenvalue weighted by molar-refractivity contribution is 5.03. The van der Waals surface area contributed by atoms with E-state index in [2.05, 4.69) is 20.8 Å². The van der Waals surface area contributed by atoms with E-state index in [9.17, 15) is 0 Å². The molecule has 0 amide bonds. The van der Waals surface area contributed by atoms with Crippen LogP contribution in [-0.4, -0.2) is 79.3 Å². The molecule has 262 valence electrons. The molecule has 3 saturated heterocycles. The Morgan fingerprint density at radius 2 is 0.911 bits per heavy atom. The molecular weight excluding hydrogens is 564 g/mol. The van der Waals surface area contributed by atoms with Gasteiger partial charge in [-0.05, 0) is 81.0 Å². The minimum absolute atomic E-state index is 0.124. The van der Waals surface area contributed by atoms with Crippen LogP contribution in [0.1, 0.15) is 124 Å². The van der Waals surface area contributed by atoms with Crippen molar-refractivity contribution in [3.63, 3.8) is 0 Å². The second-order valence-corrected chi connectivity index (χ2v) is 16.3. The number of methoxy groups -OCH3 is 3. The Hall–Kier alpha value is -0.240. The summed E-state index contributed by atoms with van der Waals surface area (Å²) in [6.45, 7) is 12.1. The van der Waals surface area contributed by atoms with Crippen molar-refractivity contribution in [3.05, 3.63) is 0 Å². The highest BCUT2D eigenvalue weighted by Crippen LogP contribution is 2.53. The maximum Gasteiger partial charge on any atom is 0.0702 e. The summed E-state index contributed by atoms with van der Waals surface area (Å²) in [5.74, 6) is 2.94. The average molecular weight is 635 g/mol. The lowest BCUT2D eigenvalue weighted by atomic mass is 9.61. The van der Waals surface area contributed by atoms with Gasteiger partial charge in [-0.2, -0.15) is 0 Å². The molecular formula is C39H70O6. The summed E-state index contributed by atoms with van der Waals surface area (Å²) in [6, 6.07) is 0. The molecule has 0 aromatic carbocycles. The Labute approximate surface area is 276 Å². The first-order chi connectivity index (χ1) is 21.9. The molecule has 5 aliphatic rings. The first-order valence-electron chi connectivity index (χ1n) is 19.3. The minimum Gasteiger partial charge on any atom is -0.380 e. The predicted molar refractivity (Wildman–Crippen MR) is 180 cm³/mol. The molecule has 0 bridgehead atoms. The Morgan fingerprint density at radius 3 is 1.33 bits per heavy atom. The summed E-state index contributed by atoms with van der Waals surface area (Å²) in [6.07, 6.45) is 21.3. The average Bonchev–Trinajstić information content (AvgIpc) is 3.18. The summed E-state index contributed by atoms with van der Waals surface area (Å²) in [5.41, 5.74) is 0.413. The van der Waals surface area contributed by atoms with Crippen LogP contribution in [0.3, 0.4) is 0 Å². The fraction of sp³-hybridized carbons (Fsp3) is 1.00. The SMILES string of the molecule is CCC1(C(OC)C2CCC(C(OC)C3(CC)COC3)CC(C(OC)C3(CC)COC3)C(C3CCCCCCCC3)CC2)COC1.